The molecule has 2 amide bonds. The van der Waals surface area contributed by atoms with Crippen molar-refractivity contribution in [2.24, 2.45) is 0 Å². The van der Waals surface area contributed by atoms with Crippen LogP contribution in [0.5, 0.6) is 0 Å². The molecule has 0 radical (unpaired) electrons. The molecule has 7 nitrogen and oxygen atoms in total. The summed E-state index contributed by atoms with van der Waals surface area (Å²) in [6.45, 7) is 4.04. The molecule has 4 rings (SSSR count). The first-order chi connectivity index (χ1) is 12.3. The molecule has 136 valence electrons. The molecule has 3 atom stereocenters. The maximum Gasteiger partial charge on any atom is 0.315 e. The van der Waals surface area contributed by atoms with Crippen molar-refractivity contribution >= 4 is 12.0 Å². The Labute approximate surface area is 149 Å². The number of aromatic nitrogens is 2. The van der Waals surface area contributed by atoms with Crippen LogP contribution in [-0.2, 0) is 0 Å². The van der Waals surface area contributed by atoms with Crippen LogP contribution in [-0.4, -0.2) is 65.2 Å². The molecular formula is C18H28N6O. The van der Waals surface area contributed by atoms with Gasteiger partial charge in [-0.05, 0) is 44.7 Å². The number of carbonyl (C=O) groups is 1. The smallest absolute Gasteiger partial charge is 0.315 e. The van der Waals surface area contributed by atoms with Crippen LogP contribution in [0.2, 0.25) is 0 Å². The molecular weight excluding hydrogens is 316 g/mol. The van der Waals surface area contributed by atoms with E-state index in [0.29, 0.717) is 12.1 Å². The highest BCUT2D eigenvalue weighted by Crippen LogP contribution is 2.27. The van der Waals surface area contributed by atoms with Crippen molar-refractivity contribution in [2.45, 2.75) is 56.7 Å². The van der Waals surface area contributed by atoms with Gasteiger partial charge in [-0.1, -0.05) is 6.42 Å². The van der Waals surface area contributed by atoms with E-state index in [9.17, 15) is 4.79 Å². The first-order valence-electron chi connectivity index (χ1n) is 9.62. The second-order valence-corrected chi connectivity index (χ2v) is 7.45. The number of rotatable bonds is 3. The van der Waals surface area contributed by atoms with Crippen molar-refractivity contribution in [2.75, 3.05) is 31.1 Å². The molecule has 1 aromatic heterocycles. The highest BCUT2D eigenvalue weighted by atomic mass is 16.2. The summed E-state index contributed by atoms with van der Waals surface area (Å²) in [5.74, 6) is 0.753. The fourth-order valence-corrected chi connectivity index (χ4v) is 4.54. The molecule has 3 aliphatic heterocycles. The third kappa shape index (κ3) is 3.86. The Morgan fingerprint density at radius 3 is 2.76 bits per heavy atom. The van der Waals surface area contributed by atoms with Gasteiger partial charge >= 0.3 is 6.03 Å². The molecule has 4 heterocycles. The van der Waals surface area contributed by atoms with Crippen LogP contribution in [0.3, 0.4) is 0 Å². The van der Waals surface area contributed by atoms with Crippen LogP contribution >= 0.6 is 0 Å². The minimum atomic E-state index is -0.0155. The number of carbonyl (C=O) groups excluding carboxylic acids is 1. The topological polar surface area (TPSA) is 73.4 Å². The number of urea groups is 1. The standard InChI is InChI=1S/C18H28N6O/c25-18(22-15-7-12-23-10-2-1-6-16(15)23)21-14-5-3-11-24(13-14)17-19-8-4-9-20-17/h4,8-9,14-16H,1-3,5-7,10-13H2,(H2,21,22,25). The van der Waals surface area contributed by atoms with Crippen LogP contribution in [0.25, 0.3) is 0 Å². The summed E-state index contributed by atoms with van der Waals surface area (Å²) in [5.41, 5.74) is 0. The van der Waals surface area contributed by atoms with Gasteiger partial charge in [-0.2, -0.15) is 0 Å². The zero-order valence-corrected chi connectivity index (χ0v) is 14.7. The molecule has 0 aromatic carbocycles. The van der Waals surface area contributed by atoms with Crippen molar-refractivity contribution < 1.29 is 4.79 Å². The number of amides is 2. The van der Waals surface area contributed by atoms with Crippen LogP contribution in [0, 0.1) is 0 Å². The summed E-state index contributed by atoms with van der Waals surface area (Å²) in [7, 11) is 0. The summed E-state index contributed by atoms with van der Waals surface area (Å²) in [5, 5.41) is 6.41. The summed E-state index contributed by atoms with van der Waals surface area (Å²) in [4.78, 5) is 25.8. The molecule has 0 saturated carbocycles. The number of fused-ring (bicyclic) bond motifs is 1. The summed E-state index contributed by atoms with van der Waals surface area (Å²) in [6, 6.07) is 2.81. The molecule has 0 bridgehead atoms. The Hall–Kier alpha value is -1.89. The number of hydrogen-bond donors (Lipinski definition) is 2. The van der Waals surface area contributed by atoms with Gasteiger partial charge in [0.2, 0.25) is 5.95 Å². The Morgan fingerprint density at radius 2 is 1.88 bits per heavy atom. The largest absolute Gasteiger partial charge is 0.339 e. The fraction of sp³-hybridized carbons (Fsp3) is 0.722. The SMILES string of the molecule is O=C(NC1CCCN(c2ncccn2)C1)NC1CCN2CCCCC12. The van der Waals surface area contributed by atoms with Gasteiger partial charge in [-0.25, -0.2) is 14.8 Å². The molecule has 1 aromatic rings. The van der Waals surface area contributed by atoms with Gasteiger partial charge in [0.25, 0.3) is 0 Å². The van der Waals surface area contributed by atoms with Gasteiger partial charge in [0.05, 0.1) is 0 Å². The Kier molecular flexibility index (Phi) is 5.01. The molecule has 3 fully saturated rings. The van der Waals surface area contributed by atoms with E-state index < -0.39 is 0 Å². The molecule has 3 unspecified atom stereocenters. The van der Waals surface area contributed by atoms with Crippen LogP contribution < -0.4 is 15.5 Å². The minimum absolute atomic E-state index is 0.0155. The summed E-state index contributed by atoms with van der Waals surface area (Å²) >= 11 is 0. The van der Waals surface area contributed by atoms with E-state index in [1.165, 1.54) is 25.8 Å². The highest BCUT2D eigenvalue weighted by molar-refractivity contribution is 5.74. The Bertz CT molecular complexity index is 582. The third-order valence-corrected chi connectivity index (χ3v) is 5.76. The van der Waals surface area contributed by atoms with Gasteiger partial charge in [0.15, 0.2) is 0 Å². The monoisotopic (exact) mass is 344 g/mol. The number of nitrogens with zero attached hydrogens (tertiary/aromatic N) is 4. The van der Waals surface area contributed by atoms with E-state index in [0.717, 1.165) is 44.8 Å². The fourth-order valence-electron chi connectivity index (χ4n) is 4.54. The normalized spacial score (nSPS) is 29.9. The van der Waals surface area contributed by atoms with Gasteiger partial charge in [-0.3, -0.25) is 4.90 Å². The number of nitrogens with one attached hydrogen (secondary N) is 2. The molecule has 25 heavy (non-hydrogen) atoms. The van der Waals surface area contributed by atoms with Crippen LogP contribution in [0.4, 0.5) is 10.7 Å². The first kappa shape index (κ1) is 16.6. The van der Waals surface area contributed by atoms with Crippen LogP contribution in [0.1, 0.15) is 38.5 Å². The van der Waals surface area contributed by atoms with E-state index in [4.69, 9.17) is 0 Å². The molecule has 0 spiro atoms. The first-order valence-corrected chi connectivity index (χ1v) is 9.62. The quantitative estimate of drug-likeness (QED) is 0.866. The molecule has 7 heteroatoms. The minimum Gasteiger partial charge on any atom is -0.339 e. The number of piperidine rings is 2. The lowest BCUT2D eigenvalue weighted by Gasteiger charge is -2.34. The maximum absolute atomic E-state index is 12.5. The van der Waals surface area contributed by atoms with Crippen molar-refractivity contribution in [3.8, 4) is 0 Å². The lowest BCUT2D eigenvalue weighted by atomic mass is 9.99. The molecule has 2 N–H and O–H groups in total. The van der Waals surface area contributed by atoms with Gasteiger partial charge in [0.1, 0.15) is 0 Å². The van der Waals surface area contributed by atoms with E-state index in [1.54, 1.807) is 12.4 Å². The Morgan fingerprint density at radius 1 is 1.00 bits per heavy atom. The second kappa shape index (κ2) is 7.56. The number of anilines is 1. The van der Waals surface area contributed by atoms with Crippen molar-refractivity contribution in [1.82, 2.24) is 25.5 Å². The molecule has 3 saturated heterocycles. The van der Waals surface area contributed by atoms with E-state index in [2.05, 4.69) is 30.4 Å². The highest BCUT2D eigenvalue weighted by Gasteiger charge is 2.36. The predicted molar refractivity (Wildman–Crippen MR) is 96.6 cm³/mol. The lowest BCUT2D eigenvalue weighted by Crippen LogP contribution is -2.54. The molecule has 3 aliphatic rings. The van der Waals surface area contributed by atoms with Crippen molar-refractivity contribution in [3.05, 3.63) is 18.5 Å². The Balaban J connectivity index is 1.29. The van der Waals surface area contributed by atoms with Gasteiger partial charge in [-0.15, -0.1) is 0 Å². The predicted octanol–water partition coefficient (Wildman–Crippen LogP) is 1.37. The average Bonchev–Trinajstić information content (AvgIpc) is 3.06. The zero-order valence-electron chi connectivity index (χ0n) is 14.7. The summed E-state index contributed by atoms with van der Waals surface area (Å²) < 4.78 is 0. The average molecular weight is 344 g/mol. The van der Waals surface area contributed by atoms with E-state index >= 15 is 0 Å². The van der Waals surface area contributed by atoms with Gasteiger partial charge < -0.3 is 15.5 Å². The van der Waals surface area contributed by atoms with E-state index in [-0.39, 0.29) is 12.1 Å². The van der Waals surface area contributed by atoms with Crippen molar-refractivity contribution in [3.63, 3.8) is 0 Å². The van der Waals surface area contributed by atoms with Crippen LogP contribution in [0.15, 0.2) is 18.5 Å². The third-order valence-electron chi connectivity index (χ3n) is 5.76. The summed E-state index contributed by atoms with van der Waals surface area (Å²) in [6.07, 6.45) is 10.5. The van der Waals surface area contributed by atoms with Crippen molar-refractivity contribution in [1.29, 1.82) is 0 Å². The second-order valence-electron chi connectivity index (χ2n) is 7.45. The van der Waals surface area contributed by atoms with E-state index in [1.807, 2.05) is 6.07 Å². The molecule has 0 aliphatic carbocycles. The maximum atomic E-state index is 12.5. The number of hydrogen-bond acceptors (Lipinski definition) is 5. The lowest BCUT2D eigenvalue weighted by molar-refractivity contribution is 0.178. The zero-order chi connectivity index (χ0) is 17.1. The van der Waals surface area contributed by atoms with Gasteiger partial charge in [0, 0.05) is 50.2 Å².